The van der Waals surface area contributed by atoms with Crippen molar-refractivity contribution in [3.8, 4) is 5.75 Å². The Bertz CT molecular complexity index is 1380. The number of imide groups is 1. The fourth-order valence-electron chi connectivity index (χ4n) is 4.88. The lowest BCUT2D eigenvalue weighted by Gasteiger charge is -2.30. The van der Waals surface area contributed by atoms with Gasteiger partial charge in [0.15, 0.2) is 5.58 Å². The molecular formula is C24H28N4O6S. The predicted molar refractivity (Wildman–Crippen MR) is 130 cm³/mol. The molecule has 0 aliphatic carbocycles. The molecule has 2 aliphatic heterocycles. The van der Waals surface area contributed by atoms with Crippen LogP contribution in [0.3, 0.4) is 0 Å². The van der Waals surface area contributed by atoms with Gasteiger partial charge in [-0.2, -0.15) is 0 Å². The highest BCUT2D eigenvalue weighted by Gasteiger charge is 2.32. The molecule has 3 heterocycles. The largest absolute Gasteiger partial charge is 0.492 e. The van der Waals surface area contributed by atoms with Crippen molar-refractivity contribution in [2.24, 2.45) is 0 Å². The fraction of sp³-hybridized carbons (Fsp3) is 0.458. The molecule has 2 N–H and O–H groups in total. The maximum Gasteiger partial charge on any atom is 0.235 e. The van der Waals surface area contributed by atoms with E-state index < -0.39 is 15.9 Å². The molecule has 1 atom stereocenters. The molecule has 0 bridgehead atoms. The Hall–Kier alpha value is -3.02. The number of ether oxygens (including phenoxy) is 1. The Labute approximate surface area is 203 Å². The Kier molecular flexibility index (Phi) is 6.47. The zero-order valence-electron chi connectivity index (χ0n) is 19.5. The third-order valence-electron chi connectivity index (χ3n) is 6.75. The van der Waals surface area contributed by atoms with E-state index in [1.165, 1.54) is 10.6 Å². The lowest BCUT2D eigenvalue weighted by atomic mass is 9.91. The third-order valence-corrected chi connectivity index (χ3v) is 8.05. The van der Waals surface area contributed by atoms with E-state index in [4.69, 9.17) is 9.26 Å². The van der Waals surface area contributed by atoms with Gasteiger partial charge in [0.2, 0.25) is 21.8 Å². The summed E-state index contributed by atoms with van der Waals surface area (Å²) in [5.41, 5.74) is 1.15. The van der Waals surface area contributed by atoms with Crippen LogP contribution in [0.2, 0.25) is 0 Å². The van der Waals surface area contributed by atoms with Gasteiger partial charge in [-0.15, -0.1) is 0 Å². The zero-order chi connectivity index (χ0) is 24.6. The highest BCUT2D eigenvalue weighted by atomic mass is 32.2. The van der Waals surface area contributed by atoms with Crippen LogP contribution in [0.25, 0.3) is 21.7 Å². The van der Waals surface area contributed by atoms with Crippen molar-refractivity contribution in [3.05, 3.63) is 36.0 Å². The number of nitrogens with zero attached hydrogens (tertiary/aromatic N) is 2. The van der Waals surface area contributed by atoms with Crippen LogP contribution < -0.4 is 15.4 Å². The first-order valence-electron chi connectivity index (χ1n) is 11.8. The molecule has 10 nitrogen and oxygen atoms in total. The van der Waals surface area contributed by atoms with Crippen LogP contribution in [0.5, 0.6) is 5.75 Å². The van der Waals surface area contributed by atoms with E-state index in [0.717, 1.165) is 34.7 Å². The molecule has 35 heavy (non-hydrogen) atoms. The summed E-state index contributed by atoms with van der Waals surface area (Å²) in [6.07, 6.45) is 3.50. The molecule has 1 aromatic heterocycles. The van der Waals surface area contributed by atoms with Gasteiger partial charge in [0.25, 0.3) is 0 Å². The standard InChI is InChI=1S/C24H28N4O6S/c1-35(31,32)28-11-8-16(9-12-28)25-10-13-33-17-3-4-18-15(14-17)2-6-20-22(18)23(27-34-20)19-5-7-21(29)26-24(19)30/h2-4,6,14,16,19,25H,5,7-13H2,1H3,(H,26,29,30)/t19-/m1/s1. The summed E-state index contributed by atoms with van der Waals surface area (Å²) in [5.74, 6) is -0.405. The van der Waals surface area contributed by atoms with Gasteiger partial charge < -0.3 is 14.6 Å². The van der Waals surface area contributed by atoms with Crippen molar-refractivity contribution in [3.63, 3.8) is 0 Å². The molecule has 5 rings (SSSR count). The van der Waals surface area contributed by atoms with Gasteiger partial charge in [0.05, 0.1) is 17.6 Å². The highest BCUT2D eigenvalue weighted by Crippen LogP contribution is 2.36. The van der Waals surface area contributed by atoms with Crippen LogP contribution in [-0.4, -0.2) is 68.2 Å². The number of amides is 2. The predicted octanol–water partition coefficient (Wildman–Crippen LogP) is 1.89. The minimum atomic E-state index is -3.11. The average molecular weight is 501 g/mol. The van der Waals surface area contributed by atoms with Crippen molar-refractivity contribution in [2.45, 2.75) is 37.6 Å². The second-order valence-electron chi connectivity index (χ2n) is 9.13. The highest BCUT2D eigenvalue weighted by molar-refractivity contribution is 7.88. The van der Waals surface area contributed by atoms with Gasteiger partial charge in [-0.05, 0) is 54.3 Å². The quantitative estimate of drug-likeness (QED) is 0.372. The normalized spacial score (nSPS) is 20.4. The summed E-state index contributed by atoms with van der Waals surface area (Å²) in [5, 5.41) is 12.6. The van der Waals surface area contributed by atoms with Crippen LogP contribution in [0, 0.1) is 0 Å². The van der Waals surface area contributed by atoms with E-state index >= 15 is 0 Å². The first kappa shape index (κ1) is 23.7. The number of hydrogen-bond donors (Lipinski definition) is 2. The molecule has 2 fully saturated rings. The van der Waals surface area contributed by atoms with Gasteiger partial charge in [0.1, 0.15) is 18.1 Å². The average Bonchev–Trinajstić information content (AvgIpc) is 3.26. The number of aromatic nitrogens is 1. The molecule has 2 amide bonds. The summed E-state index contributed by atoms with van der Waals surface area (Å²) in [7, 11) is -3.11. The molecule has 0 radical (unpaired) electrons. The van der Waals surface area contributed by atoms with Crippen molar-refractivity contribution < 1.29 is 27.3 Å². The van der Waals surface area contributed by atoms with Gasteiger partial charge in [-0.25, -0.2) is 12.7 Å². The topological polar surface area (TPSA) is 131 Å². The number of nitrogens with one attached hydrogen (secondary N) is 2. The number of rotatable bonds is 7. The molecule has 0 saturated carbocycles. The van der Waals surface area contributed by atoms with E-state index in [9.17, 15) is 18.0 Å². The van der Waals surface area contributed by atoms with Crippen LogP contribution in [0.1, 0.15) is 37.3 Å². The Morgan fingerprint density at radius 1 is 1.17 bits per heavy atom. The van der Waals surface area contributed by atoms with Gasteiger partial charge >= 0.3 is 0 Å². The Morgan fingerprint density at radius 2 is 1.97 bits per heavy atom. The van der Waals surface area contributed by atoms with Crippen LogP contribution >= 0.6 is 0 Å². The maximum atomic E-state index is 12.4. The van der Waals surface area contributed by atoms with E-state index in [1.807, 2.05) is 30.3 Å². The smallest absolute Gasteiger partial charge is 0.235 e. The van der Waals surface area contributed by atoms with Crippen molar-refractivity contribution in [2.75, 3.05) is 32.5 Å². The molecule has 2 aliphatic rings. The number of benzene rings is 2. The molecule has 186 valence electrons. The number of piperidine rings is 2. The van der Waals surface area contributed by atoms with Gasteiger partial charge in [0, 0.05) is 32.1 Å². The number of hydrogen-bond acceptors (Lipinski definition) is 8. The monoisotopic (exact) mass is 500 g/mol. The van der Waals surface area contributed by atoms with Crippen LogP contribution in [0.4, 0.5) is 0 Å². The third kappa shape index (κ3) is 5.02. The minimum absolute atomic E-state index is 0.264. The summed E-state index contributed by atoms with van der Waals surface area (Å²) in [4.78, 5) is 23.9. The van der Waals surface area contributed by atoms with Crippen LogP contribution in [-0.2, 0) is 19.6 Å². The van der Waals surface area contributed by atoms with Crippen molar-refractivity contribution >= 4 is 43.6 Å². The van der Waals surface area contributed by atoms with Crippen molar-refractivity contribution in [1.29, 1.82) is 0 Å². The van der Waals surface area contributed by atoms with Crippen LogP contribution in [0.15, 0.2) is 34.9 Å². The fourth-order valence-corrected chi connectivity index (χ4v) is 5.75. The molecule has 2 aromatic carbocycles. The number of carbonyl (C=O) groups is 2. The molecule has 11 heteroatoms. The van der Waals surface area contributed by atoms with Crippen molar-refractivity contribution in [1.82, 2.24) is 20.1 Å². The minimum Gasteiger partial charge on any atom is -0.492 e. The second-order valence-corrected chi connectivity index (χ2v) is 11.1. The van der Waals surface area contributed by atoms with Gasteiger partial charge in [-0.1, -0.05) is 11.2 Å². The SMILES string of the molecule is CS(=O)(=O)N1CCC(NCCOc2ccc3c(ccc4onc([C@H]5CCC(=O)NC5=O)c43)c2)CC1. The first-order chi connectivity index (χ1) is 16.8. The summed E-state index contributed by atoms with van der Waals surface area (Å²) in [6.45, 7) is 2.22. The first-order valence-corrected chi connectivity index (χ1v) is 13.6. The van der Waals surface area contributed by atoms with E-state index in [2.05, 4.69) is 15.8 Å². The van der Waals surface area contributed by atoms with E-state index in [-0.39, 0.29) is 24.3 Å². The molecule has 3 aromatic rings. The maximum absolute atomic E-state index is 12.4. The summed E-state index contributed by atoms with van der Waals surface area (Å²) < 4.78 is 36.2. The molecular weight excluding hydrogens is 472 g/mol. The van der Waals surface area contributed by atoms with E-state index in [0.29, 0.717) is 43.9 Å². The summed E-state index contributed by atoms with van der Waals surface area (Å²) in [6, 6.07) is 9.80. The molecule has 0 spiro atoms. The Balaban J connectivity index is 1.23. The van der Waals surface area contributed by atoms with Gasteiger partial charge in [-0.3, -0.25) is 14.9 Å². The summed E-state index contributed by atoms with van der Waals surface area (Å²) >= 11 is 0. The lowest BCUT2D eigenvalue weighted by molar-refractivity contribution is -0.134. The second kappa shape index (κ2) is 9.56. The lowest BCUT2D eigenvalue weighted by Crippen LogP contribution is -2.45. The molecule has 2 saturated heterocycles. The number of fused-ring (bicyclic) bond motifs is 3. The number of sulfonamides is 1. The molecule has 0 unspecified atom stereocenters. The number of carbonyl (C=O) groups excluding carboxylic acids is 2. The zero-order valence-corrected chi connectivity index (χ0v) is 20.3. The Morgan fingerprint density at radius 3 is 2.71 bits per heavy atom. The van der Waals surface area contributed by atoms with E-state index in [1.54, 1.807) is 0 Å².